The van der Waals surface area contributed by atoms with Gasteiger partial charge in [-0.3, -0.25) is 14.5 Å². The first-order valence-corrected chi connectivity index (χ1v) is 10.00. The van der Waals surface area contributed by atoms with E-state index in [9.17, 15) is 9.59 Å². The predicted molar refractivity (Wildman–Crippen MR) is 118 cm³/mol. The molecule has 0 saturated carbocycles. The number of nitrogens with zero attached hydrogens (tertiary/aromatic N) is 1. The Morgan fingerprint density at radius 1 is 1.07 bits per heavy atom. The Morgan fingerprint density at radius 2 is 1.87 bits per heavy atom. The summed E-state index contributed by atoms with van der Waals surface area (Å²) in [6, 6.07) is 15.6. The minimum atomic E-state index is -0.302. The third-order valence-corrected chi connectivity index (χ3v) is 4.90. The van der Waals surface area contributed by atoms with Crippen molar-refractivity contribution in [2.75, 3.05) is 18.9 Å². The summed E-state index contributed by atoms with van der Waals surface area (Å²) in [5.74, 6) is 0.102. The topological polar surface area (TPSA) is 74.6 Å². The van der Waals surface area contributed by atoms with Gasteiger partial charge in [0.2, 0.25) is 5.91 Å². The van der Waals surface area contributed by atoms with Crippen molar-refractivity contribution in [1.29, 1.82) is 0 Å². The summed E-state index contributed by atoms with van der Waals surface area (Å²) in [5, 5.41) is 6.70. The molecule has 8 heteroatoms. The van der Waals surface area contributed by atoms with E-state index in [-0.39, 0.29) is 24.9 Å². The van der Waals surface area contributed by atoms with Crippen LogP contribution in [-0.4, -0.2) is 30.3 Å². The fraction of sp³-hybridized carbons (Fsp3) is 0.182. The molecule has 0 saturated heterocycles. The molecule has 1 aromatic heterocycles. The SMILES string of the molecule is CN(CC(=O)Nc1ccccc1C(=O)NCc1ccco1)Cc1ccc(Cl)cc1Cl. The van der Waals surface area contributed by atoms with E-state index in [1.807, 2.05) is 18.0 Å². The van der Waals surface area contributed by atoms with E-state index in [2.05, 4.69) is 10.6 Å². The lowest BCUT2D eigenvalue weighted by molar-refractivity contribution is -0.117. The highest BCUT2D eigenvalue weighted by atomic mass is 35.5. The highest BCUT2D eigenvalue weighted by molar-refractivity contribution is 6.35. The minimum absolute atomic E-state index is 0.126. The summed E-state index contributed by atoms with van der Waals surface area (Å²) < 4.78 is 5.22. The number of hydrogen-bond donors (Lipinski definition) is 2. The summed E-state index contributed by atoms with van der Waals surface area (Å²) in [4.78, 5) is 26.9. The lowest BCUT2D eigenvalue weighted by Gasteiger charge is -2.18. The van der Waals surface area contributed by atoms with Crippen molar-refractivity contribution in [1.82, 2.24) is 10.2 Å². The number of benzene rings is 2. The normalized spacial score (nSPS) is 10.8. The maximum Gasteiger partial charge on any atom is 0.253 e. The molecular weight excluding hydrogens is 425 g/mol. The Kier molecular flexibility index (Phi) is 7.52. The van der Waals surface area contributed by atoms with E-state index >= 15 is 0 Å². The number of rotatable bonds is 8. The van der Waals surface area contributed by atoms with E-state index in [4.69, 9.17) is 27.6 Å². The number of amides is 2. The van der Waals surface area contributed by atoms with E-state index in [0.717, 1.165) is 5.56 Å². The third-order valence-electron chi connectivity index (χ3n) is 4.32. The lowest BCUT2D eigenvalue weighted by Crippen LogP contribution is -2.31. The summed E-state index contributed by atoms with van der Waals surface area (Å²) >= 11 is 12.1. The fourth-order valence-corrected chi connectivity index (χ4v) is 3.37. The van der Waals surface area contributed by atoms with Crippen LogP contribution in [0.2, 0.25) is 10.0 Å². The van der Waals surface area contributed by atoms with E-state index in [1.54, 1.807) is 54.8 Å². The summed E-state index contributed by atoms with van der Waals surface area (Å²) in [6.07, 6.45) is 1.55. The molecule has 0 aliphatic heterocycles. The average molecular weight is 446 g/mol. The van der Waals surface area contributed by atoms with E-state index < -0.39 is 0 Å². The zero-order valence-electron chi connectivity index (χ0n) is 16.3. The van der Waals surface area contributed by atoms with Gasteiger partial charge < -0.3 is 15.1 Å². The highest BCUT2D eigenvalue weighted by Crippen LogP contribution is 2.22. The van der Waals surface area contributed by atoms with E-state index in [0.29, 0.717) is 33.6 Å². The summed E-state index contributed by atoms with van der Waals surface area (Å²) in [7, 11) is 1.81. The van der Waals surface area contributed by atoms with Crippen LogP contribution in [0.1, 0.15) is 21.7 Å². The molecule has 1 heterocycles. The van der Waals surface area contributed by atoms with E-state index in [1.165, 1.54) is 0 Å². The van der Waals surface area contributed by atoms with Gasteiger partial charge in [0, 0.05) is 16.6 Å². The monoisotopic (exact) mass is 445 g/mol. The molecule has 0 aliphatic rings. The largest absolute Gasteiger partial charge is 0.467 e. The fourth-order valence-electron chi connectivity index (χ4n) is 2.90. The second kappa shape index (κ2) is 10.3. The molecule has 0 spiro atoms. The van der Waals surface area contributed by atoms with Gasteiger partial charge in [0.25, 0.3) is 5.91 Å². The van der Waals surface area contributed by atoms with Gasteiger partial charge in [-0.25, -0.2) is 0 Å². The van der Waals surface area contributed by atoms with Crippen molar-refractivity contribution >= 4 is 40.7 Å². The number of carbonyl (C=O) groups excluding carboxylic acids is 2. The van der Waals surface area contributed by atoms with Crippen molar-refractivity contribution in [3.8, 4) is 0 Å². The van der Waals surface area contributed by atoms with Gasteiger partial charge in [0.1, 0.15) is 5.76 Å². The van der Waals surface area contributed by atoms with Crippen LogP contribution < -0.4 is 10.6 Å². The number of halogens is 2. The van der Waals surface area contributed by atoms with Gasteiger partial charge in [0.05, 0.1) is 30.6 Å². The third kappa shape index (κ3) is 6.10. The average Bonchev–Trinajstić information content (AvgIpc) is 3.22. The first kappa shape index (κ1) is 21.9. The molecule has 3 rings (SSSR count). The second-order valence-corrected chi connectivity index (χ2v) is 7.61. The smallest absolute Gasteiger partial charge is 0.253 e. The minimum Gasteiger partial charge on any atom is -0.467 e. The van der Waals surface area contributed by atoms with Crippen LogP contribution in [-0.2, 0) is 17.9 Å². The number of para-hydroxylation sites is 1. The van der Waals surface area contributed by atoms with Crippen molar-refractivity contribution in [2.45, 2.75) is 13.1 Å². The van der Waals surface area contributed by atoms with Gasteiger partial charge in [-0.05, 0) is 49.0 Å². The Bertz CT molecular complexity index is 1020. The van der Waals surface area contributed by atoms with Crippen LogP contribution in [0.3, 0.4) is 0 Å². The first-order chi connectivity index (χ1) is 14.4. The Morgan fingerprint density at radius 3 is 2.60 bits per heavy atom. The number of likely N-dealkylation sites (N-methyl/N-ethyl adjacent to an activating group) is 1. The molecule has 2 amide bonds. The molecule has 6 nitrogen and oxygen atoms in total. The predicted octanol–water partition coefficient (Wildman–Crippen LogP) is 4.59. The molecule has 0 aliphatic carbocycles. The molecule has 0 radical (unpaired) electrons. The summed E-state index contributed by atoms with van der Waals surface area (Å²) in [5.41, 5.74) is 1.69. The molecule has 0 unspecified atom stereocenters. The van der Waals surface area contributed by atoms with Crippen molar-refractivity contribution in [3.63, 3.8) is 0 Å². The molecular formula is C22H21Cl2N3O3. The van der Waals surface area contributed by atoms with Crippen molar-refractivity contribution in [2.24, 2.45) is 0 Å². The van der Waals surface area contributed by atoms with Crippen LogP contribution in [0.5, 0.6) is 0 Å². The zero-order chi connectivity index (χ0) is 21.5. The Hall–Kier alpha value is -2.80. The van der Waals surface area contributed by atoms with Crippen molar-refractivity contribution < 1.29 is 14.0 Å². The molecule has 156 valence electrons. The van der Waals surface area contributed by atoms with Crippen LogP contribution in [0.4, 0.5) is 5.69 Å². The van der Waals surface area contributed by atoms with Gasteiger partial charge in [-0.2, -0.15) is 0 Å². The first-order valence-electron chi connectivity index (χ1n) is 9.24. The van der Waals surface area contributed by atoms with Crippen LogP contribution in [0.25, 0.3) is 0 Å². The van der Waals surface area contributed by atoms with Gasteiger partial charge in [0.15, 0.2) is 0 Å². The molecule has 0 atom stereocenters. The number of carbonyl (C=O) groups is 2. The quantitative estimate of drug-likeness (QED) is 0.531. The highest BCUT2D eigenvalue weighted by Gasteiger charge is 2.15. The standard InChI is InChI=1S/C22H21Cl2N3O3/c1-27(13-15-8-9-16(23)11-19(15)24)14-21(28)26-20-7-3-2-6-18(20)22(29)25-12-17-5-4-10-30-17/h2-11H,12-14H2,1H3,(H,25,29)(H,26,28). The molecule has 0 bridgehead atoms. The molecule has 3 aromatic rings. The van der Waals surface area contributed by atoms with Gasteiger partial charge in [-0.1, -0.05) is 41.4 Å². The maximum atomic E-state index is 12.5. The van der Waals surface area contributed by atoms with Gasteiger partial charge >= 0.3 is 0 Å². The number of furan rings is 1. The molecule has 2 aromatic carbocycles. The lowest BCUT2D eigenvalue weighted by atomic mass is 10.1. The second-order valence-electron chi connectivity index (χ2n) is 6.76. The van der Waals surface area contributed by atoms with Crippen LogP contribution >= 0.6 is 23.2 Å². The van der Waals surface area contributed by atoms with Crippen molar-refractivity contribution in [3.05, 3.63) is 87.8 Å². The molecule has 30 heavy (non-hydrogen) atoms. The van der Waals surface area contributed by atoms with Crippen LogP contribution in [0.15, 0.2) is 65.3 Å². The molecule has 2 N–H and O–H groups in total. The maximum absolute atomic E-state index is 12.5. The van der Waals surface area contributed by atoms with Gasteiger partial charge in [-0.15, -0.1) is 0 Å². The Labute approximate surface area is 184 Å². The number of anilines is 1. The molecule has 0 fully saturated rings. The number of hydrogen-bond acceptors (Lipinski definition) is 4. The Balaban J connectivity index is 1.58. The van der Waals surface area contributed by atoms with Crippen LogP contribution in [0, 0.1) is 0 Å². The zero-order valence-corrected chi connectivity index (χ0v) is 17.8. The number of nitrogens with one attached hydrogen (secondary N) is 2. The summed E-state index contributed by atoms with van der Waals surface area (Å²) in [6.45, 7) is 0.870.